The van der Waals surface area contributed by atoms with Crippen molar-refractivity contribution in [3.8, 4) is 11.1 Å². The lowest BCUT2D eigenvalue weighted by atomic mass is 10.0. The monoisotopic (exact) mass is 295 g/mol. The summed E-state index contributed by atoms with van der Waals surface area (Å²) < 4.78 is 1.81. The van der Waals surface area contributed by atoms with Crippen LogP contribution in [0, 0.1) is 0 Å². The van der Waals surface area contributed by atoms with E-state index in [2.05, 4.69) is 52.2 Å². The van der Waals surface area contributed by atoms with Gasteiger partial charge in [-0.25, -0.2) is 4.98 Å². The highest BCUT2D eigenvalue weighted by Gasteiger charge is 2.13. The smallest absolute Gasteiger partial charge is 0.136 e. The largest absolute Gasteiger partial charge is 0.378 e. The molecule has 0 saturated heterocycles. The fourth-order valence-corrected chi connectivity index (χ4v) is 2.64. The van der Waals surface area contributed by atoms with Gasteiger partial charge < -0.3 is 9.80 Å². The third-order valence-corrected chi connectivity index (χ3v) is 3.81. The summed E-state index contributed by atoms with van der Waals surface area (Å²) in [5.74, 6) is 0.978. The molecule has 0 amide bonds. The summed E-state index contributed by atoms with van der Waals surface area (Å²) in [6.07, 6.45) is 5.83. The van der Waals surface area contributed by atoms with E-state index in [0.717, 1.165) is 22.3 Å². The van der Waals surface area contributed by atoms with Crippen LogP contribution >= 0.6 is 0 Å². The van der Waals surface area contributed by atoms with Crippen LogP contribution in [-0.2, 0) is 7.05 Å². The van der Waals surface area contributed by atoms with Crippen LogP contribution in [0.4, 0.5) is 11.5 Å². The first-order valence-corrected chi connectivity index (χ1v) is 7.24. The highest BCUT2D eigenvalue weighted by atomic mass is 15.2. The van der Waals surface area contributed by atoms with Crippen molar-refractivity contribution in [1.82, 2.24) is 14.8 Å². The maximum Gasteiger partial charge on any atom is 0.136 e. The summed E-state index contributed by atoms with van der Waals surface area (Å²) in [6, 6.07) is 6.50. The average molecular weight is 295 g/mol. The van der Waals surface area contributed by atoms with Crippen LogP contribution < -0.4 is 9.80 Å². The second kappa shape index (κ2) is 5.33. The Hall–Kier alpha value is -2.56. The Bertz CT molecular complexity index is 817. The molecule has 0 N–H and O–H groups in total. The van der Waals surface area contributed by atoms with E-state index in [1.807, 2.05) is 44.4 Å². The first-order chi connectivity index (χ1) is 10.5. The van der Waals surface area contributed by atoms with Gasteiger partial charge in [-0.2, -0.15) is 5.10 Å². The van der Waals surface area contributed by atoms with E-state index in [-0.39, 0.29) is 0 Å². The van der Waals surface area contributed by atoms with Gasteiger partial charge in [-0.3, -0.25) is 4.68 Å². The van der Waals surface area contributed by atoms with Gasteiger partial charge in [0.15, 0.2) is 0 Å². The standard InChI is InChI=1S/C17H21N5/c1-20(2)13-6-7-14-15(8-13)17(21(3)4)18-10-16(14)12-9-19-22(5)11-12/h6-11H,1-5H3. The number of benzene rings is 1. The van der Waals surface area contributed by atoms with Crippen LogP contribution in [0.3, 0.4) is 0 Å². The molecular weight excluding hydrogens is 274 g/mol. The van der Waals surface area contributed by atoms with Crippen molar-refractivity contribution in [2.45, 2.75) is 0 Å². The molecule has 114 valence electrons. The number of fused-ring (bicyclic) bond motifs is 1. The second-order valence-corrected chi connectivity index (χ2v) is 5.92. The molecule has 5 heteroatoms. The van der Waals surface area contributed by atoms with E-state index < -0.39 is 0 Å². The van der Waals surface area contributed by atoms with Crippen molar-refractivity contribution >= 4 is 22.3 Å². The van der Waals surface area contributed by atoms with E-state index in [1.165, 1.54) is 11.1 Å². The minimum atomic E-state index is 0.978. The van der Waals surface area contributed by atoms with Crippen molar-refractivity contribution < 1.29 is 0 Å². The summed E-state index contributed by atoms with van der Waals surface area (Å²) in [7, 11) is 10.1. The highest BCUT2D eigenvalue weighted by molar-refractivity contribution is 6.03. The van der Waals surface area contributed by atoms with E-state index in [9.17, 15) is 0 Å². The zero-order valence-corrected chi connectivity index (χ0v) is 13.7. The van der Waals surface area contributed by atoms with Crippen LogP contribution in [-0.4, -0.2) is 43.0 Å². The first kappa shape index (κ1) is 14.4. The molecule has 0 spiro atoms. The molecule has 1 aromatic carbocycles. The molecule has 0 atom stereocenters. The van der Waals surface area contributed by atoms with Gasteiger partial charge >= 0.3 is 0 Å². The predicted molar refractivity (Wildman–Crippen MR) is 92.6 cm³/mol. The van der Waals surface area contributed by atoms with Gasteiger partial charge in [-0.1, -0.05) is 6.07 Å². The Balaban J connectivity index is 2.30. The Morgan fingerprint density at radius 2 is 1.73 bits per heavy atom. The number of hydrogen-bond donors (Lipinski definition) is 0. The molecule has 2 heterocycles. The molecule has 0 fully saturated rings. The molecule has 0 aliphatic carbocycles. The topological polar surface area (TPSA) is 37.2 Å². The van der Waals surface area contributed by atoms with Crippen molar-refractivity contribution in [2.24, 2.45) is 7.05 Å². The summed E-state index contributed by atoms with van der Waals surface area (Å²) in [6.45, 7) is 0. The highest BCUT2D eigenvalue weighted by Crippen LogP contribution is 2.34. The fraction of sp³-hybridized carbons (Fsp3) is 0.294. The van der Waals surface area contributed by atoms with Gasteiger partial charge in [-0.15, -0.1) is 0 Å². The zero-order valence-electron chi connectivity index (χ0n) is 13.7. The lowest BCUT2D eigenvalue weighted by molar-refractivity contribution is 0.768. The lowest BCUT2D eigenvalue weighted by Crippen LogP contribution is -2.12. The molecule has 0 unspecified atom stereocenters. The molecule has 0 aliphatic heterocycles. The van der Waals surface area contributed by atoms with Gasteiger partial charge in [0.2, 0.25) is 0 Å². The maximum atomic E-state index is 4.66. The van der Waals surface area contributed by atoms with Crippen molar-refractivity contribution in [3.63, 3.8) is 0 Å². The van der Waals surface area contributed by atoms with Crippen LogP contribution in [0.5, 0.6) is 0 Å². The predicted octanol–water partition coefficient (Wildman–Crippen LogP) is 2.77. The Morgan fingerprint density at radius 3 is 2.32 bits per heavy atom. The van der Waals surface area contributed by atoms with Gasteiger partial charge in [0, 0.05) is 69.8 Å². The van der Waals surface area contributed by atoms with Crippen molar-refractivity contribution in [1.29, 1.82) is 0 Å². The summed E-state index contributed by atoms with van der Waals surface area (Å²) >= 11 is 0. The molecule has 0 saturated carbocycles. The Morgan fingerprint density at radius 1 is 0.955 bits per heavy atom. The SMILES string of the molecule is CN(C)c1ccc2c(-c3cnn(C)c3)cnc(N(C)C)c2c1. The molecule has 0 bridgehead atoms. The number of rotatable bonds is 3. The van der Waals surface area contributed by atoms with Crippen LogP contribution in [0.25, 0.3) is 21.9 Å². The van der Waals surface area contributed by atoms with Crippen LogP contribution in [0.15, 0.2) is 36.8 Å². The third-order valence-electron chi connectivity index (χ3n) is 3.81. The van der Waals surface area contributed by atoms with Gasteiger partial charge in [-0.05, 0) is 17.5 Å². The minimum absolute atomic E-state index is 0.978. The van der Waals surface area contributed by atoms with E-state index >= 15 is 0 Å². The molecule has 2 aromatic heterocycles. The van der Waals surface area contributed by atoms with E-state index in [1.54, 1.807) is 0 Å². The number of hydrogen-bond acceptors (Lipinski definition) is 4. The summed E-state index contributed by atoms with van der Waals surface area (Å²) in [4.78, 5) is 8.82. The van der Waals surface area contributed by atoms with Crippen molar-refractivity contribution in [3.05, 3.63) is 36.8 Å². The number of nitrogens with zero attached hydrogens (tertiary/aromatic N) is 5. The fourth-order valence-electron chi connectivity index (χ4n) is 2.64. The van der Waals surface area contributed by atoms with Crippen LogP contribution in [0.2, 0.25) is 0 Å². The van der Waals surface area contributed by atoms with Gasteiger partial charge in [0.25, 0.3) is 0 Å². The third kappa shape index (κ3) is 2.39. The minimum Gasteiger partial charge on any atom is -0.378 e. The van der Waals surface area contributed by atoms with E-state index in [0.29, 0.717) is 0 Å². The van der Waals surface area contributed by atoms with E-state index in [4.69, 9.17) is 0 Å². The Kier molecular flexibility index (Phi) is 3.48. The summed E-state index contributed by atoms with van der Waals surface area (Å²) in [5, 5.41) is 6.62. The second-order valence-electron chi connectivity index (χ2n) is 5.92. The number of aromatic nitrogens is 3. The Labute approximate surface area is 130 Å². The molecular formula is C17H21N5. The maximum absolute atomic E-state index is 4.66. The molecule has 5 nitrogen and oxygen atoms in total. The normalized spacial score (nSPS) is 11.0. The molecule has 0 aliphatic rings. The number of aryl methyl sites for hydroxylation is 1. The molecule has 0 radical (unpaired) electrons. The zero-order chi connectivity index (χ0) is 15.9. The molecule has 3 rings (SSSR count). The average Bonchev–Trinajstić information content (AvgIpc) is 2.91. The lowest BCUT2D eigenvalue weighted by Gasteiger charge is -2.19. The summed E-state index contributed by atoms with van der Waals surface area (Å²) in [5.41, 5.74) is 3.36. The van der Waals surface area contributed by atoms with Gasteiger partial charge in [0.1, 0.15) is 5.82 Å². The van der Waals surface area contributed by atoms with Crippen LogP contribution in [0.1, 0.15) is 0 Å². The molecule has 3 aromatic rings. The quantitative estimate of drug-likeness (QED) is 0.744. The number of pyridine rings is 1. The van der Waals surface area contributed by atoms with Gasteiger partial charge in [0.05, 0.1) is 6.20 Å². The first-order valence-electron chi connectivity index (χ1n) is 7.24. The molecule has 22 heavy (non-hydrogen) atoms. The van der Waals surface area contributed by atoms with Crippen molar-refractivity contribution in [2.75, 3.05) is 38.0 Å². The number of anilines is 2.